The SMILES string of the molecule is COc1ccccc1NC(=O)Nc1cccc(C(=O)c2cn(C)c3ncnc(N)c23)c1. The molecule has 0 saturated heterocycles. The number of nitrogens with one attached hydrogen (secondary N) is 2. The Labute approximate surface area is 177 Å². The van der Waals surface area contributed by atoms with Crippen molar-refractivity contribution >= 4 is 40.0 Å². The number of para-hydroxylation sites is 2. The van der Waals surface area contributed by atoms with Crippen molar-refractivity contribution in [2.75, 3.05) is 23.5 Å². The number of carbonyl (C=O) groups is 2. The Morgan fingerprint density at radius 3 is 2.68 bits per heavy atom. The summed E-state index contributed by atoms with van der Waals surface area (Å²) in [7, 11) is 3.31. The van der Waals surface area contributed by atoms with Crippen molar-refractivity contribution in [2.24, 2.45) is 7.05 Å². The molecule has 156 valence electrons. The third-order valence-electron chi connectivity index (χ3n) is 4.77. The largest absolute Gasteiger partial charge is 0.495 e. The second-order valence-corrected chi connectivity index (χ2v) is 6.80. The number of nitrogens with two attached hydrogens (primary N) is 1. The molecule has 2 amide bonds. The molecule has 0 aliphatic carbocycles. The molecule has 9 nitrogen and oxygen atoms in total. The minimum Gasteiger partial charge on any atom is -0.495 e. The summed E-state index contributed by atoms with van der Waals surface area (Å²) < 4.78 is 6.96. The minimum atomic E-state index is -0.461. The minimum absolute atomic E-state index is 0.236. The quantitative estimate of drug-likeness (QED) is 0.428. The highest BCUT2D eigenvalue weighted by Crippen LogP contribution is 2.26. The molecule has 0 bridgehead atoms. The Bertz CT molecular complexity index is 1300. The molecule has 0 unspecified atom stereocenters. The lowest BCUT2D eigenvalue weighted by atomic mass is 10.0. The number of amides is 2. The fourth-order valence-electron chi connectivity index (χ4n) is 3.33. The Morgan fingerprint density at radius 1 is 1.06 bits per heavy atom. The number of rotatable bonds is 5. The van der Waals surface area contributed by atoms with Crippen molar-refractivity contribution in [3.8, 4) is 5.75 Å². The van der Waals surface area contributed by atoms with Crippen LogP contribution >= 0.6 is 0 Å². The Balaban J connectivity index is 1.58. The molecule has 0 aliphatic rings. The van der Waals surface area contributed by atoms with Crippen LogP contribution in [0.25, 0.3) is 11.0 Å². The van der Waals surface area contributed by atoms with Crippen LogP contribution in [0.3, 0.4) is 0 Å². The molecule has 4 rings (SSSR count). The Morgan fingerprint density at radius 2 is 1.87 bits per heavy atom. The number of anilines is 3. The number of carbonyl (C=O) groups excluding carboxylic acids is 2. The monoisotopic (exact) mass is 416 g/mol. The fourth-order valence-corrected chi connectivity index (χ4v) is 3.33. The van der Waals surface area contributed by atoms with Crippen LogP contribution in [0.2, 0.25) is 0 Å². The van der Waals surface area contributed by atoms with Gasteiger partial charge in [-0.2, -0.15) is 0 Å². The first-order chi connectivity index (χ1) is 15.0. The lowest BCUT2D eigenvalue weighted by Gasteiger charge is -2.11. The van der Waals surface area contributed by atoms with Crippen LogP contribution in [0, 0.1) is 0 Å². The van der Waals surface area contributed by atoms with Crippen molar-refractivity contribution in [1.82, 2.24) is 14.5 Å². The molecule has 9 heteroatoms. The standard InChI is InChI=1S/C22H20N6O3/c1-28-11-15(18-20(23)24-12-25-21(18)28)19(29)13-6-5-7-14(10-13)26-22(30)27-16-8-3-4-9-17(16)31-2/h3-12H,1-2H3,(H2,23,24,25)(H2,26,27,30). The molecular formula is C22H20N6O3. The lowest BCUT2D eigenvalue weighted by molar-refractivity contribution is 0.104. The predicted octanol–water partition coefficient (Wildman–Crippen LogP) is 3.43. The predicted molar refractivity (Wildman–Crippen MR) is 118 cm³/mol. The number of ketones is 1. The summed E-state index contributed by atoms with van der Waals surface area (Å²) >= 11 is 0. The Kier molecular flexibility index (Phi) is 5.23. The normalized spacial score (nSPS) is 10.6. The number of methoxy groups -OCH3 is 1. The molecule has 0 fully saturated rings. The number of nitrogen functional groups attached to an aromatic ring is 1. The van der Waals surface area contributed by atoms with Gasteiger partial charge >= 0.3 is 6.03 Å². The van der Waals surface area contributed by atoms with Gasteiger partial charge in [-0.25, -0.2) is 14.8 Å². The zero-order chi connectivity index (χ0) is 22.0. The van der Waals surface area contributed by atoms with E-state index in [9.17, 15) is 9.59 Å². The number of ether oxygens (including phenoxy) is 1. The van der Waals surface area contributed by atoms with E-state index in [-0.39, 0.29) is 11.6 Å². The number of urea groups is 1. The number of benzene rings is 2. The van der Waals surface area contributed by atoms with Gasteiger partial charge in [0, 0.05) is 24.5 Å². The molecule has 0 aliphatic heterocycles. The number of fused-ring (bicyclic) bond motifs is 1. The van der Waals surface area contributed by atoms with Crippen LogP contribution in [-0.2, 0) is 7.05 Å². The van der Waals surface area contributed by atoms with Crippen LogP contribution in [0.1, 0.15) is 15.9 Å². The van der Waals surface area contributed by atoms with E-state index in [1.165, 1.54) is 13.4 Å². The van der Waals surface area contributed by atoms with Gasteiger partial charge in [-0.3, -0.25) is 4.79 Å². The van der Waals surface area contributed by atoms with Crippen LogP contribution in [-0.4, -0.2) is 33.5 Å². The van der Waals surface area contributed by atoms with Crippen molar-refractivity contribution in [3.05, 3.63) is 72.2 Å². The highest BCUT2D eigenvalue weighted by atomic mass is 16.5. The molecule has 0 saturated carbocycles. The molecule has 0 radical (unpaired) electrons. The van der Waals surface area contributed by atoms with Gasteiger partial charge in [0.2, 0.25) is 0 Å². The van der Waals surface area contributed by atoms with E-state index in [0.717, 1.165) is 0 Å². The van der Waals surface area contributed by atoms with Gasteiger partial charge in [-0.1, -0.05) is 24.3 Å². The van der Waals surface area contributed by atoms with Crippen molar-refractivity contribution < 1.29 is 14.3 Å². The van der Waals surface area contributed by atoms with E-state index >= 15 is 0 Å². The number of aryl methyl sites for hydroxylation is 1. The maximum atomic E-state index is 13.2. The van der Waals surface area contributed by atoms with Crippen LogP contribution in [0.5, 0.6) is 5.75 Å². The van der Waals surface area contributed by atoms with Gasteiger partial charge < -0.3 is 25.7 Å². The molecule has 2 heterocycles. The number of nitrogens with zero attached hydrogens (tertiary/aromatic N) is 3. The Hall–Kier alpha value is -4.40. The molecule has 2 aromatic heterocycles. The first kappa shape index (κ1) is 19.9. The van der Waals surface area contributed by atoms with Gasteiger partial charge in [-0.15, -0.1) is 0 Å². The zero-order valence-electron chi connectivity index (χ0n) is 16.9. The average molecular weight is 416 g/mol. The van der Waals surface area contributed by atoms with Gasteiger partial charge in [0.05, 0.1) is 23.7 Å². The third-order valence-corrected chi connectivity index (χ3v) is 4.77. The maximum Gasteiger partial charge on any atom is 0.323 e. The highest BCUT2D eigenvalue weighted by Gasteiger charge is 2.19. The maximum absolute atomic E-state index is 13.2. The number of hydrogen-bond donors (Lipinski definition) is 3. The van der Waals surface area contributed by atoms with Crippen molar-refractivity contribution in [3.63, 3.8) is 0 Å². The smallest absolute Gasteiger partial charge is 0.323 e. The number of hydrogen-bond acceptors (Lipinski definition) is 6. The van der Waals surface area contributed by atoms with Crippen LogP contribution in [0.4, 0.5) is 22.0 Å². The summed E-state index contributed by atoms with van der Waals surface area (Å²) in [6, 6.07) is 13.3. The van der Waals surface area contributed by atoms with Crippen LogP contribution < -0.4 is 21.1 Å². The molecule has 4 N–H and O–H groups in total. The molecule has 0 atom stereocenters. The molecule has 0 spiro atoms. The van der Waals surface area contributed by atoms with Crippen molar-refractivity contribution in [1.29, 1.82) is 0 Å². The van der Waals surface area contributed by atoms with E-state index in [4.69, 9.17) is 10.5 Å². The second kappa shape index (κ2) is 8.15. The van der Waals surface area contributed by atoms with Gasteiger partial charge in [0.15, 0.2) is 5.78 Å². The third kappa shape index (κ3) is 3.88. The summed E-state index contributed by atoms with van der Waals surface area (Å²) in [5.41, 5.74) is 8.34. The molecule has 4 aromatic rings. The number of aromatic nitrogens is 3. The molecular weight excluding hydrogens is 396 g/mol. The first-order valence-corrected chi connectivity index (χ1v) is 9.39. The summed E-state index contributed by atoms with van der Waals surface area (Å²) in [5.74, 6) is 0.526. The van der Waals surface area contributed by atoms with Gasteiger partial charge in [-0.05, 0) is 24.3 Å². The van der Waals surface area contributed by atoms with Crippen LogP contribution in [0.15, 0.2) is 61.1 Å². The summed E-state index contributed by atoms with van der Waals surface area (Å²) in [4.78, 5) is 33.8. The van der Waals surface area contributed by atoms with E-state index in [1.807, 2.05) is 6.07 Å². The summed E-state index contributed by atoms with van der Waals surface area (Å²) in [6.07, 6.45) is 3.03. The summed E-state index contributed by atoms with van der Waals surface area (Å²) in [6.45, 7) is 0. The lowest BCUT2D eigenvalue weighted by Crippen LogP contribution is -2.20. The first-order valence-electron chi connectivity index (χ1n) is 9.39. The van der Waals surface area contributed by atoms with E-state index in [0.29, 0.717) is 39.3 Å². The summed E-state index contributed by atoms with van der Waals surface area (Å²) in [5, 5.41) is 5.96. The topological polar surface area (TPSA) is 124 Å². The van der Waals surface area contributed by atoms with E-state index < -0.39 is 6.03 Å². The highest BCUT2D eigenvalue weighted by molar-refractivity contribution is 6.18. The molecule has 2 aromatic carbocycles. The van der Waals surface area contributed by atoms with Gasteiger partial charge in [0.25, 0.3) is 0 Å². The average Bonchev–Trinajstić information content (AvgIpc) is 3.11. The van der Waals surface area contributed by atoms with E-state index in [2.05, 4.69) is 20.6 Å². The van der Waals surface area contributed by atoms with Gasteiger partial charge in [0.1, 0.15) is 23.5 Å². The second-order valence-electron chi connectivity index (χ2n) is 6.80. The fraction of sp³-hybridized carbons (Fsp3) is 0.0909. The van der Waals surface area contributed by atoms with E-state index in [1.54, 1.807) is 60.3 Å². The molecule has 31 heavy (non-hydrogen) atoms. The zero-order valence-corrected chi connectivity index (χ0v) is 16.9. The van der Waals surface area contributed by atoms with Crippen molar-refractivity contribution in [2.45, 2.75) is 0 Å².